The highest BCUT2D eigenvalue weighted by molar-refractivity contribution is 5.98. The standard InChI is InChI=1S/C19H22N2O5/c1-24-14-4-2-13(3-5-14)18-17(20-11-26-18)19(23)21-6-7-25-16-9-12(10-22)8-15(16)21/h2-5,11-12,15-16,22H,6-10H2,1H3/t12-,15+,16+/m1/s1. The first-order valence-corrected chi connectivity index (χ1v) is 8.82. The van der Waals surface area contributed by atoms with Gasteiger partial charge in [-0.25, -0.2) is 4.98 Å². The maximum atomic E-state index is 13.2. The molecule has 1 aliphatic carbocycles. The number of aliphatic hydroxyl groups is 1. The predicted octanol–water partition coefficient (Wildman–Crippen LogP) is 1.96. The van der Waals surface area contributed by atoms with Gasteiger partial charge in [-0.1, -0.05) is 0 Å². The minimum atomic E-state index is -0.151. The summed E-state index contributed by atoms with van der Waals surface area (Å²) in [6, 6.07) is 7.30. The number of aliphatic hydroxyl groups excluding tert-OH is 1. The molecule has 1 N–H and O–H groups in total. The fourth-order valence-electron chi connectivity index (χ4n) is 3.93. The van der Waals surface area contributed by atoms with Gasteiger partial charge in [0, 0.05) is 18.7 Å². The summed E-state index contributed by atoms with van der Waals surface area (Å²) >= 11 is 0. The number of aromatic nitrogens is 1. The van der Waals surface area contributed by atoms with Gasteiger partial charge in [0.1, 0.15) is 5.75 Å². The summed E-state index contributed by atoms with van der Waals surface area (Å²) < 4.78 is 16.5. The molecule has 7 heteroatoms. The van der Waals surface area contributed by atoms with E-state index in [1.165, 1.54) is 6.39 Å². The van der Waals surface area contributed by atoms with Crippen LogP contribution in [-0.4, -0.2) is 59.9 Å². The average molecular weight is 358 g/mol. The van der Waals surface area contributed by atoms with Crippen LogP contribution in [0.1, 0.15) is 23.3 Å². The second-order valence-electron chi connectivity index (χ2n) is 6.75. The molecule has 1 saturated carbocycles. The van der Waals surface area contributed by atoms with Crippen molar-refractivity contribution >= 4 is 5.91 Å². The zero-order chi connectivity index (χ0) is 18.1. The van der Waals surface area contributed by atoms with E-state index >= 15 is 0 Å². The van der Waals surface area contributed by atoms with Crippen molar-refractivity contribution in [1.82, 2.24) is 9.88 Å². The number of fused-ring (bicyclic) bond motifs is 1. The van der Waals surface area contributed by atoms with E-state index in [0.29, 0.717) is 24.6 Å². The highest BCUT2D eigenvalue weighted by atomic mass is 16.5. The van der Waals surface area contributed by atoms with Crippen LogP contribution in [0, 0.1) is 5.92 Å². The number of oxazole rings is 1. The molecule has 1 aromatic heterocycles. The number of rotatable bonds is 4. The molecular weight excluding hydrogens is 336 g/mol. The molecule has 1 aromatic carbocycles. The Hall–Kier alpha value is -2.38. The molecule has 7 nitrogen and oxygen atoms in total. The zero-order valence-electron chi connectivity index (χ0n) is 14.6. The molecule has 138 valence electrons. The number of hydrogen-bond acceptors (Lipinski definition) is 6. The Morgan fingerprint density at radius 3 is 2.88 bits per heavy atom. The fourth-order valence-corrected chi connectivity index (χ4v) is 3.93. The molecule has 3 atom stereocenters. The van der Waals surface area contributed by atoms with Crippen molar-refractivity contribution in [3.63, 3.8) is 0 Å². The SMILES string of the molecule is COc1ccc(-c2ocnc2C(=O)N2CCO[C@H]3C[C@H](CO)C[C@@H]32)cc1. The molecule has 2 aromatic rings. The summed E-state index contributed by atoms with van der Waals surface area (Å²) in [5.41, 5.74) is 1.08. The third-order valence-electron chi connectivity index (χ3n) is 5.28. The Kier molecular flexibility index (Phi) is 4.65. The highest BCUT2D eigenvalue weighted by Gasteiger charge is 2.43. The number of hydrogen-bond donors (Lipinski definition) is 1. The molecule has 1 amide bonds. The van der Waals surface area contributed by atoms with Crippen molar-refractivity contribution < 1.29 is 23.8 Å². The van der Waals surface area contributed by atoms with Crippen molar-refractivity contribution in [2.24, 2.45) is 5.92 Å². The molecule has 2 heterocycles. The smallest absolute Gasteiger partial charge is 0.276 e. The molecule has 0 spiro atoms. The monoisotopic (exact) mass is 358 g/mol. The van der Waals surface area contributed by atoms with Crippen LogP contribution in [0.25, 0.3) is 11.3 Å². The fraction of sp³-hybridized carbons (Fsp3) is 0.474. The van der Waals surface area contributed by atoms with Crippen molar-refractivity contribution in [3.05, 3.63) is 36.4 Å². The Labute approximate surface area is 151 Å². The molecule has 4 rings (SSSR count). The number of methoxy groups -OCH3 is 1. The number of benzene rings is 1. The van der Waals surface area contributed by atoms with E-state index in [1.54, 1.807) is 7.11 Å². The molecule has 26 heavy (non-hydrogen) atoms. The van der Waals surface area contributed by atoms with Gasteiger partial charge in [-0.2, -0.15) is 0 Å². The Balaban J connectivity index is 1.60. The van der Waals surface area contributed by atoms with Crippen LogP contribution in [0.2, 0.25) is 0 Å². The molecule has 1 saturated heterocycles. The molecule has 1 aliphatic heterocycles. The Bertz CT molecular complexity index is 772. The summed E-state index contributed by atoms with van der Waals surface area (Å²) in [5.74, 6) is 1.22. The van der Waals surface area contributed by atoms with Crippen LogP contribution in [0.5, 0.6) is 5.75 Å². The van der Waals surface area contributed by atoms with Crippen molar-refractivity contribution in [2.45, 2.75) is 25.0 Å². The maximum absolute atomic E-state index is 13.2. The van der Waals surface area contributed by atoms with Gasteiger partial charge in [0.05, 0.1) is 25.9 Å². The second-order valence-corrected chi connectivity index (χ2v) is 6.75. The highest BCUT2D eigenvalue weighted by Crippen LogP contribution is 2.35. The van der Waals surface area contributed by atoms with Crippen LogP contribution < -0.4 is 4.74 Å². The van der Waals surface area contributed by atoms with E-state index < -0.39 is 0 Å². The summed E-state index contributed by atoms with van der Waals surface area (Å²) in [6.45, 7) is 1.15. The lowest BCUT2D eigenvalue weighted by atomic mass is 10.1. The van der Waals surface area contributed by atoms with Gasteiger partial charge in [-0.3, -0.25) is 4.79 Å². The first kappa shape index (κ1) is 17.1. The van der Waals surface area contributed by atoms with E-state index in [1.807, 2.05) is 29.2 Å². The Morgan fingerprint density at radius 2 is 2.15 bits per heavy atom. The van der Waals surface area contributed by atoms with Gasteiger partial charge >= 0.3 is 0 Å². The molecule has 2 aliphatic rings. The normalized spacial score (nSPS) is 25.2. The number of ether oxygens (including phenoxy) is 2. The molecular formula is C19H22N2O5. The first-order valence-electron chi connectivity index (χ1n) is 8.82. The number of carbonyl (C=O) groups excluding carboxylic acids is 1. The summed E-state index contributed by atoms with van der Waals surface area (Å²) in [5, 5.41) is 9.46. The maximum Gasteiger partial charge on any atom is 0.276 e. The second kappa shape index (κ2) is 7.09. The van der Waals surface area contributed by atoms with Gasteiger partial charge in [-0.15, -0.1) is 0 Å². The average Bonchev–Trinajstić information content (AvgIpc) is 3.33. The van der Waals surface area contributed by atoms with Crippen LogP contribution >= 0.6 is 0 Å². The lowest BCUT2D eigenvalue weighted by Gasteiger charge is -2.37. The van der Waals surface area contributed by atoms with E-state index in [9.17, 15) is 9.90 Å². The van der Waals surface area contributed by atoms with Crippen molar-refractivity contribution in [3.8, 4) is 17.1 Å². The number of carbonyl (C=O) groups is 1. The van der Waals surface area contributed by atoms with Crippen LogP contribution in [0.15, 0.2) is 35.1 Å². The summed E-state index contributed by atoms with van der Waals surface area (Å²) in [4.78, 5) is 19.2. The van der Waals surface area contributed by atoms with E-state index in [2.05, 4.69) is 4.98 Å². The van der Waals surface area contributed by atoms with Gasteiger partial charge in [-0.05, 0) is 43.0 Å². The third kappa shape index (κ3) is 2.97. The molecule has 2 fully saturated rings. The number of amides is 1. The number of morpholine rings is 1. The predicted molar refractivity (Wildman–Crippen MR) is 92.9 cm³/mol. The van der Waals surface area contributed by atoms with Crippen LogP contribution in [0.3, 0.4) is 0 Å². The number of nitrogens with zero attached hydrogens (tertiary/aromatic N) is 2. The van der Waals surface area contributed by atoms with Crippen molar-refractivity contribution in [2.75, 3.05) is 26.9 Å². The zero-order valence-corrected chi connectivity index (χ0v) is 14.6. The lowest BCUT2D eigenvalue weighted by molar-refractivity contribution is -0.0450. The molecule has 0 unspecified atom stereocenters. The van der Waals surface area contributed by atoms with Gasteiger partial charge in [0.2, 0.25) is 0 Å². The summed E-state index contributed by atoms with van der Waals surface area (Å²) in [7, 11) is 1.61. The third-order valence-corrected chi connectivity index (χ3v) is 5.28. The van der Waals surface area contributed by atoms with E-state index in [4.69, 9.17) is 13.9 Å². The quantitative estimate of drug-likeness (QED) is 0.899. The van der Waals surface area contributed by atoms with Gasteiger partial charge in [0.25, 0.3) is 5.91 Å². The minimum absolute atomic E-state index is 0.0128. The van der Waals surface area contributed by atoms with Gasteiger partial charge in [0.15, 0.2) is 17.8 Å². The van der Waals surface area contributed by atoms with Crippen LogP contribution in [-0.2, 0) is 4.74 Å². The largest absolute Gasteiger partial charge is 0.497 e. The van der Waals surface area contributed by atoms with E-state index in [-0.39, 0.29) is 30.6 Å². The topological polar surface area (TPSA) is 85.0 Å². The lowest BCUT2D eigenvalue weighted by Crippen LogP contribution is -2.51. The Morgan fingerprint density at radius 1 is 1.35 bits per heavy atom. The van der Waals surface area contributed by atoms with Gasteiger partial charge < -0.3 is 23.9 Å². The summed E-state index contributed by atoms with van der Waals surface area (Å²) in [6.07, 6.45) is 2.83. The van der Waals surface area contributed by atoms with Crippen LogP contribution in [0.4, 0.5) is 0 Å². The molecule has 0 radical (unpaired) electrons. The minimum Gasteiger partial charge on any atom is -0.497 e. The van der Waals surface area contributed by atoms with E-state index in [0.717, 1.165) is 24.2 Å². The first-order chi connectivity index (χ1) is 12.7. The molecule has 0 bridgehead atoms. The van der Waals surface area contributed by atoms with Crippen molar-refractivity contribution in [1.29, 1.82) is 0 Å².